The molecule has 3 nitrogen and oxygen atoms in total. The molecule has 1 aliphatic heterocycles. The van der Waals surface area contributed by atoms with Crippen molar-refractivity contribution >= 4 is 35.0 Å². The summed E-state index contributed by atoms with van der Waals surface area (Å²) in [6.07, 6.45) is 0. The van der Waals surface area contributed by atoms with E-state index < -0.39 is 5.37 Å². The van der Waals surface area contributed by atoms with Gasteiger partial charge in [-0.3, -0.25) is 9.69 Å². The van der Waals surface area contributed by atoms with Crippen molar-refractivity contribution in [2.24, 2.45) is 0 Å². The zero-order valence-electron chi connectivity index (χ0n) is 11.8. The lowest BCUT2D eigenvalue weighted by Crippen LogP contribution is -2.28. The zero-order valence-corrected chi connectivity index (χ0v) is 13.3. The highest BCUT2D eigenvalue weighted by molar-refractivity contribution is 8.00. The summed E-state index contributed by atoms with van der Waals surface area (Å²) in [6, 6.07) is 11.5. The Morgan fingerprint density at radius 1 is 1.32 bits per heavy atom. The summed E-state index contributed by atoms with van der Waals surface area (Å²) in [5, 5.41) is 0.0638. The Labute approximate surface area is 137 Å². The Morgan fingerprint density at radius 2 is 2.09 bits per heavy atom. The highest BCUT2D eigenvalue weighted by atomic mass is 35.5. The molecule has 0 aliphatic carbocycles. The molecule has 0 spiro atoms. The summed E-state index contributed by atoms with van der Waals surface area (Å²) in [4.78, 5) is 13.9. The SMILES string of the molecule is COc1ccc(Cl)cc1N1C(=O)CS[C@@H]1c1ccccc1F. The number of nitrogens with zero attached hydrogens (tertiary/aromatic N) is 1. The van der Waals surface area contributed by atoms with Crippen LogP contribution in [-0.2, 0) is 4.79 Å². The van der Waals surface area contributed by atoms with Crippen LogP contribution >= 0.6 is 23.4 Å². The lowest BCUT2D eigenvalue weighted by molar-refractivity contribution is -0.115. The number of rotatable bonds is 3. The number of hydrogen-bond donors (Lipinski definition) is 0. The third-order valence-electron chi connectivity index (χ3n) is 3.44. The summed E-state index contributed by atoms with van der Waals surface area (Å²) in [6.45, 7) is 0. The average Bonchev–Trinajstić information content (AvgIpc) is 2.89. The largest absolute Gasteiger partial charge is 0.495 e. The van der Waals surface area contributed by atoms with Crippen LogP contribution < -0.4 is 9.64 Å². The second-order valence-electron chi connectivity index (χ2n) is 4.76. The van der Waals surface area contributed by atoms with Gasteiger partial charge in [-0.05, 0) is 24.3 Å². The van der Waals surface area contributed by atoms with Gasteiger partial charge in [0, 0.05) is 10.6 Å². The predicted molar refractivity (Wildman–Crippen MR) is 87.1 cm³/mol. The highest BCUT2D eigenvalue weighted by Crippen LogP contribution is 2.46. The molecule has 22 heavy (non-hydrogen) atoms. The number of thioether (sulfide) groups is 1. The van der Waals surface area contributed by atoms with Crippen molar-refractivity contribution in [3.05, 3.63) is 58.9 Å². The first kappa shape index (κ1) is 15.2. The maximum atomic E-state index is 14.1. The number of benzene rings is 2. The van der Waals surface area contributed by atoms with Crippen molar-refractivity contribution in [2.45, 2.75) is 5.37 Å². The average molecular weight is 338 g/mol. The summed E-state index contributed by atoms with van der Waals surface area (Å²) < 4.78 is 19.4. The van der Waals surface area contributed by atoms with E-state index in [1.807, 2.05) is 0 Å². The monoisotopic (exact) mass is 337 g/mol. The van der Waals surface area contributed by atoms with E-state index in [9.17, 15) is 9.18 Å². The van der Waals surface area contributed by atoms with Gasteiger partial charge in [-0.15, -0.1) is 11.8 Å². The lowest BCUT2D eigenvalue weighted by Gasteiger charge is -2.26. The van der Waals surface area contributed by atoms with Crippen molar-refractivity contribution in [1.29, 1.82) is 0 Å². The van der Waals surface area contributed by atoms with Crippen LogP contribution in [0.5, 0.6) is 5.75 Å². The smallest absolute Gasteiger partial charge is 0.238 e. The maximum Gasteiger partial charge on any atom is 0.238 e. The molecule has 3 rings (SSSR count). The zero-order chi connectivity index (χ0) is 15.7. The van der Waals surface area contributed by atoms with E-state index in [4.69, 9.17) is 16.3 Å². The fraction of sp³-hybridized carbons (Fsp3) is 0.188. The third-order valence-corrected chi connectivity index (χ3v) is 4.87. The molecule has 0 aromatic heterocycles. The van der Waals surface area contributed by atoms with Crippen LogP contribution in [0.4, 0.5) is 10.1 Å². The molecule has 1 atom stereocenters. The number of hydrogen-bond acceptors (Lipinski definition) is 3. The highest BCUT2D eigenvalue weighted by Gasteiger charge is 2.37. The molecule has 1 aliphatic rings. The molecule has 0 unspecified atom stereocenters. The molecule has 0 saturated carbocycles. The first-order valence-corrected chi connectivity index (χ1v) is 8.06. The number of carbonyl (C=O) groups excluding carboxylic acids is 1. The topological polar surface area (TPSA) is 29.5 Å². The molecule has 0 radical (unpaired) electrons. The second-order valence-corrected chi connectivity index (χ2v) is 6.27. The van der Waals surface area contributed by atoms with Gasteiger partial charge >= 0.3 is 0 Å². The summed E-state index contributed by atoms with van der Waals surface area (Å²) >= 11 is 7.43. The quantitative estimate of drug-likeness (QED) is 0.837. The van der Waals surface area contributed by atoms with E-state index in [0.717, 1.165) is 0 Å². The number of amides is 1. The molecular formula is C16H13ClFNO2S. The van der Waals surface area contributed by atoms with Gasteiger partial charge in [0.25, 0.3) is 0 Å². The van der Waals surface area contributed by atoms with E-state index in [0.29, 0.717) is 22.0 Å². The minimum Gasteiger partial charge on any atom is -0.495 e. The van der Waals surface area contributed by atoms with Crippen molar-refractivity contribution in [2.75, 3.05) is 17.8 Å². The normalized spacial score (nSPS) is 17.9. The molecule has 0 N–H and O–H groups in total. The molecule has 2 aromatic rings. The van der Waals surface area contributed by atoms with Crippen LogP contribution in [0.2, 0.25) is 5.02 Å². The molecular weight excluding hydrogens is 325 g/mol. The maximum absolute atomic E-state index is 14.1. The lowest BCUT2D eigenvalue weighted by atomic mass is 10.1. The van der Waals surface area contributed by atoms with E-state index in [1.54, 1.807) is 41.3 Å². The van der Waals surface area contributed by atoms with Crippen molar-refractivity contribution in [3.8, 4) is 5.75 Å². The van der Waals surface area contributed by atoms with Gasteiger partial charge in [0.15, 0.2) is 0 Å². The standard InChI is InChI=1S/C16H13ClFNO2S/c1-21-14-7-6-10(17)8-13(14)19-15(20)9-22-16(19)11-4-2-3-5-12(11)18/h2-8,16H,9H2,1H3/t16-/m1/s1. The molecule has 1 heterocycles. The minimum absolute atomic E-state index is 0.0983. The molecule has 1 saturated heterocycles. The van der Waals surface area contributed by atoms with Gasteiger partial charge in [-0.25, -0.2) is 4.39 Å². The van der Waals surface area contributed by atoms with E-state index in [2.05, 4.69) is 0 Å². The molecule has 114 valence electrons. The van der Waals surface area contributed by atoms with E-state index >= 15 is 0 Å². The van der Waals surface area contributed by atoms with Gasteiger partial charge in [0.05, 0.1) is 18.6 Å². The van der Waals surface area contributed by atoms with Crippen molar-refractivity contribution < 1.29 is 13.9 Å². The molecule has 0 bridgehead atoms. The first-order chi connectivity index (χ1) is 10.6. The Bertz CT molecular complexity index is 725. The Morgan fingerprint density at radius 3 is 2.82 bits per heavy atom. The molecule has 1 amide bonds. The van der Waals surface area contributed by atoms with Gasteiger partial charge < -0.3 is 4.74 Å². The van der Waals surface area contributed by atoms with Gasteiger partial charge in [-0.2, -0.15) is 0 Å². The van der Waals surface area contributed by atoms with Crippen LogP contribution in [-0.4, -0.2) is 18.8 Å². The third kappa shape index (κ3) is 2.66. The molecule has 1 fully saturated rings. The van der Waals surface area contributed by atoms with Crippen molar-refractivity contribution in [1.82, 2.24) is 0 Å². The van der Waals surface area contributed by atoms with Crippen LogP contribution in [0.3, 0.4) is 0 Å². The molecule has 2 aromatic carbocycles. The van der Waals surface area contributed by atoms with E-state index in [1.165, 1.54) is 24.9 Å². The summed E-state index contributed by atoms with van der Waals surface area (Å²) in [7, 11) is 1.53. The van der Waals surface area contributed by atoms with Crippen molar-refractivity contribution in [3.63, 3.8) is 0 Å². The van der Waals surface area contributed by atoms with Gasteiger partial charge in [0.1, 0.15) is 16.9 Å². The fourth-order valence-electron chi connectivity index (χ4n) is 2.44. The second kappa shape index (κ2) is 6.18. The predicted octanol–water partition coefficient (Wildman–Crippen LogP) is 4.27. The van der Waals surface area contributed by atoms with Gasteiger partial charge in [-0.1, -0.05) is 29.8 Å². The van der Waals surface area contributed by atoms with E-state index in [-0.39, 0.29) is 17.5 Å². The van der Waals surface area contributed by atoms with Crippen LogP contribution in [0, 0.1) is 5.82 Å². The number of halogens is 2. The van der Waals surface area contributed by atoms with Crippen LogP contribution in [0.15, 0.2) is 42.5 Å². The number of anilines is 1. The first-order valence-electron chi connectivity index (χ1n) is 6.63. The Kier molecular flexibility index (Phi) is 4.27. The molecule has 6 heteroatoms. The number of ether oxygens (including phenoxy) is 1. The van der Waals surface area contributed by atoms with Crippen LogP contribution in [0.1, 0.15) is 10.9 Å². The Hall–Kier alpha value is -1.72. The fourth-order valence-corrected chi connectivity index (χ4v) is 3.80. The van der Waals surface area contributed by atoms with Gasteiger partial charge in [0.2, 0.25) is 5.91 Å². The number of methoxy groups -OCH3 is 1. The summed E-state index contributed by atoms with van der Waals surface area (Å²) in [5.74, 6) is 0.385. The minimum atomic E-state index is -0.430. The number of carbonyl (C=O) groups is 1. The summed E-state index contributed by atoms with van der Waals surface area (Å²) in [5.41, 5.74) is 1.03. The Balaban J connectivity index is 2.09. The van der Waals surface area contributed by atoms with Crippen LogP contribution in [0.25, 0.3) is 0 Å².